The minimum Gasteiger partial charge on any atom is -0.493 e. The lowest BCUT2D eigenvalue weighted by molar-refractivity contribution is -0.385. The number of nitro benzene ring substituents is 1. The molecule has 0 aliphatic heterocycles. The summed E-state index contributed by atoms with van der Waals surface area (Å²) in [5.74, 6) is 0.346. The summed E-state index contributed by atoms with van der Waals surface area (Å²) >= 11 is 0. The van der Waals surface area contributed by atoms with E-state index in [1.54, 1.807) is 0 Å². The summed E-state index contributed by atoms with van der Waals surface area (Å²) in [4.78, 5) is 10.0. The van der Waals surface area contributed by atoms with Gasteiger partial charge >= 0.3 is 0 Å². The molecule has 94 valence electrons. The standard InChI is InChI=1S/C11H14FNO4/c1-8(14)10-7-9(13(15)16)3-4-11(10)17-6-2-5-12/h3-4,7-8,14H,2,5-6H2,1H3/t8-/m1/s1. The number of aliphatic hydroxyl groups is 1. The third-order valence-electron chi connectivity index (χ3n) is 2.19. The average Bonchev–Trinajstić information content (AvgIpc) is 2.29. The van der Waals surface area contributed by atoms with Crippen molar-refractivity contribution in [1.29, 1.82) is 0 Å². The maximum absolute atomic E-state index is 11.9. The molecule has 0 aliphatic rings. The maximum Gasteiger partial charge on any atom is 0.270 e. The normalized spacial score (nSPS) is 12.2. The van der Waals surface area contributed by atoms with Crippen molar-refractivity contribution in [3.63, 3.8) is 0 Å². The van der Waals surface area contributed by atoms with Crippen molar-refractivity contribution >= 4 is 5.69 Å². The Morgan fingerprint density at radius 3 is 2.82 bits per heavy atom. The van der Waals surface area contributed by atoms with Crippen molar-refractivity contribution in [2.75, 3.05) is 13.3 Å². The van der Waals surface area contributed by atoms with Crippen molar-refractivity contribution in [2.45, 2.75) is 19.4 Å². The maximum atomic E-state index is 11.9. The van der Waals surface area contributed by atoms with E-state index in [0.717, 1.165) is 0 Å². The molecule has 17 heavy (non-hydrogen) atoms. The van der Waals surface area contributed by atoms with E-state index in [9.17, 15) is 19.6 Å². The third-order valence-corrected chi connectivity index (χ3v) is 2.19. The lowest BCUT2D eigenvalue weighted by Crippen LogP contribution is -2.03. The van der Waals surface area contributed by atoms with Crippen LogP contribution in [0, 0.1) is 10.1 Å². The van der Waals surface area contributed by atoms with Crippen LogP contribution < -0.4 is 4.74 Å². The first-order chi connectivity index (χ1) is 8.06. The van der Waals surface area contributed by atoms with Gasteiger partial charge in [-0.05, 0) is 13.0 Å². The summed E-state index contributed by atoms with van der Waals surface area (Å²) < 4.78 is 17.2. The van der Waals surface area contributed by atoms with Crippen molar-refractivity contribution in [3.8, 4) is 5.75 Å². The predicted molar refractivity (Wildman–Crippen MR) is 59.8 cm³/mol. The zero-order chi connectivity index (χ0) is 12.8. The molecule has 5 nitrogen and oxygen atoms in total. The highest BCUT2D eigenvalue weighted by Crippen LogP contribution is 2.29. The van der Waals surface area contributed by atoms with Crippen molar-refractivity contribution in [1.82, 2.24) is 0 Å². The van der Waals surface area contributed by atoms with Crippen LogP contribution in [0.2, 0.25) is 0 Å². The molecule has 0 fully saturated rings. The van der Waals surface area contributed by atoms with Gasteiger partial charge in [-0.2, -0.15) is 0 Å². The molecule has 0 saturated carbocycles. The number of nitro groups is 1. The van der Waals surface area contributed by atoms with E-state index >= 15 is 0 Å². The number of non-ortho nitro benzene ring substituents is 1. The van der Waals surface area contributed by atoms with Gasteiger partial charge in [0.05, 0.1) is 24.3 Å². The molecule has 0 radical (unpaired) electrons. The minimum atomic E-state index is -0.879. The molecule has 0 aliphatic carbocycles. The van der Waals surface area contributed by atoms with Gasteiger partial charge in [-0.15, -0.1) is 0 Å². The highest BCUT2D eigenvalue weighted by Gasteiger charge is 2.15. The number of hydrogen-bond acceptors (Lipinski definition) is 4. The Balaban J connectivity index is 2.92. The second-order valence-electron chi connectivity index (χ2n) is 3.55. The predicted octanol–water partition coefficient (Wildman–Crippen LogP) is 2.39. The summed E-state index contributed by atoms with van der Waals surface area (Å²) in [7, 11) is 0. The fourth-order valence-corrected chi connectivity index (χ4v) is 1.34. The molecule has 0 heterocycles. The second kappa shape index (κ2) is 6.15. The van der Waals surface area contributed by atoms with Gasteiger partial charge in [0.25, 0.3) is 5.69 Å². The van der Waals surface area contributed by atoms with Gasteiger partial charge in [-0.3, -0.25) is 14.5 Å². The van der Waals surface area contributed by atoms with Crippen LogP contribution in [0.1, 0.15) is 25.0 Å². The number of hydrogen-bond donors (Lipinski definition) is 1. The van der Waals surface area contributed by atoms with Crippen LogP contribution in [0.5, 0.6) is 5.75 Å². The van der Waals surface area contributed by atoms with E-state index in [1.165, 1.54) is 25.1 Å². The summed E-state index contributed by atoms with van der Waals surface area (Å²) in [5, 5.41) is 20.1. The van der Waals surface area contributed by atoms with Crippen LogP contribution in [0.4, 0.5) is 10.1 Å². The SMILES string of the molecule is C[C@@H](O)c1cc([N+](=O)[O-])ccc1OCCCF. The second-order valence-corrected chi connectivity index (χ2v) is 3.55. The van der Waals surface area contributed by atoms with E-state index in [4.69, 9.17) is 4.74 Å². The van der Waals surface area contributed by atoms with Gasteiger partial charge in [-0.25, -0.2) is 0 Å². The van der Waals surface area contributed by atoms with Gasteiger partial charge < -0.3 is 9.84 Å². The Bertz CT molecular complexity index is 395. The monoisotopic (exact) mass is 243 g/mol. The van der Waals surface area contributed by atoms with Crippen molar-refractivity contribution in [3.05, 3.63) is 33.9 Å². The summed E-state index contributed by atoms with van der Waals surface area (Å²) in [6.45, 7) is 1.17. The number of benzene rings is 1. The highest BCUT2D eigenvalue weighted by atomic mass is 19.1. The van der Waals surface area contributed by atoms with Gasteiger partial charge in [-0.1, -0.05) is 0 Å². The molecule has 0 unspecified atom stereocenters. The molecule has 0 amide bonds. The third kappa shape index (κ3) is 3.67. The molecule has 0 spiro atoms. The number of nitrogens with zero attached hydrogens (tertiary/aromatic N) is 1. The summed E-state index contributed by atoms with van der Waals surface area (Å²) in [5.41, 5.74) is 0.219. The number of rotatable bonds is 6. The summed E-state index contributed by atoms with van der Waals surface area (Å²) in [6.07, 6.45) is -0.633. The molecule has 0 bridgehead atoms. The molecular formula is C11H14FNO4. The van der Waals surface area contributed by atoms with Crippen molar-refractivity contribution < 1.29 is 19.2 Å². The highest BCUT2D eigenvalue weighted by molar-refractivity contribution is 5.44. The van der Waals surface area contributed by atoms with E-state index in [1.807, 2.05) is 0 Å². The van der Waals surface area contributed by atoms with Crippen LogP contribution in [-0.2, 0) is 0 Å². The minimum absolute atomic E-state index is 0.112. The fourth-order valence-electron chi connectivity index (χ4n) is 1.34. The Labute approximate surface area is 98.0 Å². The molecule has 0 saturated heterocycles. The Morgan fingerprint density at radius 1 is 1.59 bits per heavy atom. The van der Waals surface area contributed by atoms with Crippen LogP contribution >= 0.6 is 0 Å². The van der Waals surface area contributed by atoms with Crippen molar-refractivity contribution in [2.24, 2.45) is 0 Å². The average molecular weight is 243 g/mol. The van der Waals surface area contributed by atoms with Crippen LogP contribution in [-0.4, -0.2) is 23.3 Å². The van der Waals surface area contributed by atoms with Crippen LogP contribution in [0.15, 0.2) is 18.2 Å². The Morgan fingerprint density at radius 2 is 2.29 bits per heavy atom. The number of ether oxygens (including phenoxy) is 1. The zero-order valence-electron chi connectivity index (χ0n) is 9.43. The van der Waals surface area contributed by atoms with Gasteiger partial charge in [0, 0.05) is 24.1 Å². The molecule has 1 aromatic carbocycles. The van der Waals surface area contributed by atoms with E-state index in [2.05, 4.69) is 0 Å². The largest absolute Gasteiger partial charge is 0.493 e. The molecule has 1 atom stereocenters. The summed E-state index contributed by atoms with van der Waals surface area (Å²) in [6, 6.07) is 3.96. The first kappa shape index (κ1) is 13.4. The Hall–Kier alpha value is -1.69. The van der Waals surface area contributed by atoms with Crippen LogP contribution in [0.3, 0.4) is 0 Å². The molecular weight excluding hydrogens is 229 g/mol. The van der Waals surface area contributed by atoms with Crippen LogP contribution in [0.25, 0.3) is 0 Å². The lowest BCUT2D eigenvalue weighted by atomic mass is 10.1. The van der Waals surface area contributed by atoms with E-state index in [0.29, 0.717) is 11.3 Å². The fraction of sp³-hybridized carbons (Fsp3) is 0.455. The molecule has 6 heteroatoms. The van der Waals surface area contributed by atoms with Gasteiger partial charge in [0.15, 0.2) is 0 Å². The quantitative estimate of drug-likeness (QED) is 0.473. The number of halogens is 1. The van der Waals surface area contributed by atoms with E-state index < -0.39 is 17.7 Å². The smallest absolute Gasteiger partial charge is 0.270 e. The number of aliphatic hydroxyl groups excluding tert-OH is 1. The zero-order valence-corrected chi connectivity index (χ0v) is 9.43. The number of alkyl halides is 1. The first-order valence-corrected chi connectivity index (χ1v) is 5.21. The molecule has 1 aromatic rings. The van der Waals surface area contributed by atoms with Gasteiger partial charge in [0.2, 0.25) is 0 Å². The topological polar surface area (TPSA) is 72.6 Å². The van der Waals surface area contributed by atoms with Gasteiger partial charge in [0.1, 0.15) is 5.75 Å². The Kier molecular flexibility index (Phi) is 4.84. The van der Waals surface area contributed by atoms with E-state index in [-0.39, 0.29) is 18.7 Å². The first-order valence-electron chi connectivity index (χ1n) is 5.21. The lowest BCUT2D eigenvalue weighted by Gasteiger charge is -2.12. The molecule has 1 N–H and O–H groups in total. The molecule has 0 aromatic heterocycles. The molecule has 1 rings (SSSR count).